The van der Waals surface area contributed by atoms with Crippen LogP contribution >= 0.6 is 0 Å². The van der Waals surface area contributed by atoms with Crippen molar-refractivity contribution in [1.82, 2.24) is 9.62 Å². The number of nitrogens with zero attached hydrogens (tertiary/aromatic N) is 1. The van der Waals surface area contributed by atoms with Crippen LogP contribution in [0, 0.1) is 0 Å². The Balaban J connectivity index is 1.62. The lowest BCUT2D eigenvalue weighted by atomic mass is 10.1. The van der Waals surface area contributed by atoms with Crippen LogP contribution in [0.3, 0.4) is 0 Å². The molecule has 0 aliphatic carbocycles. The van der Waals surface area contributed by atoms with Gasteiger partial charge in [0.2, 0.25) is 10.0 Å². The maximum Gasteiger partial charge on any atom is 0.240 e. The molecule has 1 aliphatic heterocycles. The van der Waals surface area contributed by atoms with Gasteiger partial charge in [-0.05, 0) is 56.1 Å². The molecule has 0 aromatic heterocycles. The molecule has 0 spiro atoms. The number of benzene rings is 2. The Labute approximate surface area is 144 Å². The molecule has 5 heteroatoms. The van der Waals surface area contributed by atoms with E-state index in [0.29, 0.717) is 17.5 Å². The number of hydrogen-bond acceptors (Lipinski definition) is 3. The quantitative estimate of drug-likeness (QED) is 0.876. The minimum Gasteiger partial charge on any atom is -0.303 e. The molecule has 1 N–H and O–H groups in total. The van der Waals surface area contributed by atoms with Gasteiger partial charge < -0.3 is 4.90 Å². The van der Waals surface area contributed by atoms with E-state index in [4.69, 9.17) is 0 Å². The highest BCUT2D eigenvalue weighted by molar-refractivity contribution is 7.89. The van der Waals surface area contributed by atoms with Gasteiger partial charge in [-0.3, -0.25) is 0 Å². The van der Waals surface area contributed by atoms with Crippen molar-refractivity contribution in [2.75, 3.05) is 20.1 Å². The maximum atomic E-state index is 12.4. The van der Waals surface area contributed by atoms with E-state index < -0.39 is 10.0 Å². The minimum absolute atomic E-state index is 0.321. The summed E-state index contributed by atoms with van der Waals surface area (Å²) in [6.45, 7) is 1.59. The molecule has 1 atom stereocenters. The highest BCUT2D eigenvalue weighted by atomic mass is 32.2. The summed E-state index contributed by atoms with van der Waals surface area (Å²) in [6.07, 6.45) is 3.22. The fraction of sp³-hybridized carbons (Fsp3) is 0.368. The number of sulfonamides is 1. The van der Waals surface area contributed by atoms with Crippen molar-refractivity contribution >= 4 is 10.0 Å². The van der Waals surface area contributed by atoms with E-state index in [1.54, 1.807) is 12.1 Å². The predicted molar refractivity (Wildman–Crippen MR) is 97.3 cm³/mol. The van der Waals surface area contributed by atoms with Crippen molar-refractivity contribution in [1.29, 1.82) is 0 Å². The molecule has 128 valence electrons. The summed E-state index contributed by atoms with van der Waals surface area (Å²) in [5.41, 5.74) is 2.10. The lowest BCUT2D eigenvalue weighted by Crippen LogP contribution is -2.31. The van der Waals surface area contributed by atoms with Crippen molar-refractivity contribution in [2.45, 2.75) is 30.2 Å². The smallest absolute Gasteiger partial charge is 0.240 e. The summed E-state index contributed by atoms with van der Waals surface area (Å²) < 4.78 is 27.5. The van der Waals surface area contributed by atoms with E-state index >= 15 is 0 Å². The van der Waals surface area contributed by atoms with Gasteiger partial charge in [0.25, 0.3) is 0 Å². The third-order valence-electron chi connectivity index (χ3n) is 4.71. The van der Waals surface area contributed by atoms with Crippen LogP contribution in [0.15, 0.2) is 59.5 Å². The first kappa shape index (κ1) is 17.1. The van der Waals surface area contributed by atoms with Crippen molar-refractivity contribution in [3.05, 3.63) is 54.6 Å². The standard InChI is InChI=1S/C19H24N2O2S/c1-21-15-5-8-18(21)13-14-20-24(22,23)19-11-9-17(10-12-19)16-6-3-2-4-7-16/h2-4,6-7,9-12,18,20H,5,8,13-15H2,1H3. The van der Waals surface area contributed by atoms with Gasteiger partial charge in [-0.2, -0.15) is 0 Å². The number of likely N-dealkylation sites (tertiary alicyclic amines) is 1. The summed E-state index contributed by atoms with van der Waals surface area (Å²) in [7, 11) is -1.33. The molecule has 0 amide bonds. The van der Waals surface area contributed by atoms with Gasteiger partial charge in [-0.1, -0.05) is 42.5 Å². The molecule has 1 fully saturated rings. The van der Waals surface area contributed by atoms with Gasteiger partial charge in [-0.25, -0.2) is 13.1 Å². The lowest BCUT2D eigenvalue weighted by molar-refractivity contribution is 0.297. The van der Waals surface area contributed by atoms with E-state index in [1.807, 2.05) is 42.5 Å². The first-order valence-corrected chi connectivity index (χ1v) is 9.90. The molecule has 1 aliphatic rings. The Morgan fingerprint density at radius 2 is 1.71 bits per heavy atom. The molecular weight excluding hydrogens is 320 g/mol. The Hall–Kier alpha value is -1.69. The summed E-state index contributed by atoms with van der Waals surface area (Å²) in [4.78, 5) is 2.63. The van der Waals surface area contributed by atoms with Crippen LogP contribution in [0.25, 0.3) is 11.1 Å². The SMILES string of the molecule is CN1CCCC1CCNS(=O)(=O)c1ccc(-c2ccccc2)cc1. The molecule has 4 nitrogen and oxygen atoms in total. The zero-order chi connectivity index (χ0) is 17.0. The van der Waals surface area contributed by atoms with Crippen LogP contribution < -0.4 is 4.72 Å². The van der Waals surface area contributed by atoms with Gasteiger partial charge in [0.1, 0.15) is 0 Å². The predicted octanol–water partition coefficient (Wildman–Crippen LogP) is 3.12. The van der Waals surface area contributed by atoms with Crippen LogP contribution in [-0.4, -0.2) is 39.5 Å². The largest absolute Gasteiger partial charge is 0.303 e. The zero-order valence-corrected chi connectivity index (χ0v) is 14.8. The van der Waals surface area contributed by atoms with Gasteiger partial charge in [0.05, 0.1) is 4.90 Å². The molecule has 2 aromatic rings. The first-order chi connectivity index (χ1) is 11.6. The Morgan fingerprint density at radius 1 is 1.04 bits per heavy atom. The highest BCUT2D eigenvalue weighted by Crippen LogP contribution is 2.21. The Morgan fingerprint density at radius 3 is 2.33 bits per heavy atom. The maximum absolute atomic E-state index is 12.4. The second-order valence-electron chi connectivity index (χ2n) is 6.35. The number of nitrogens with one attached hydrogen (secondary N) is 1. The van der Waals surface area contributed by atoms with Crippen LogP contribution in [0.5, 0.6) is 0 Å². The molecule has 0 bridgehead atoms. The van der Waals surface area contributed by atoms with Crippen LogP contribution in [0.1, 0.15) is 19.3 Å². The minimum atomic E-state index is -3.44. The van der Waals surface area contributed by atoms with E-state index in [-0.39, 0.29) is 0 Å². The second-order valence-corrected chi connectivity index (χ2v) is 8.12. The summed E-state index contributed by atoms with van der Waals surface area (Å²) in [5.74, 6) is 0. The van der Waals surface area contributed by atoms with Crippen LogP contribution in [0.4, 0.5) is 0 Å². The third-order valence-corrected chi connectivity index (χ3v) is 6.19. The van der Waals surface area contributed by atoms with Gasteiger partial charge >= 0.3 is 0 Å². The molecule has 1 unspecified atom stereocenters. The fourth-order valence-corrected chi connectivity index (χ4v) is 4.29. The highest BCUT2D eigenvalue weighted by Gasteiger charge is 2.21. The molecule has 0 saturated carbocycles. The van der Waals surface area contributed by atoms with Crippen molar-refractivity contribution < 1.29 is 8.42 Å². The van der Waals surface area contributed by atoms with E-state index in [9.17, 15) is 8.42 Å². The lowest BCUT2D eigenvalue weighted by Gasteiger charge is -2.19. The molecule has 1 heterocycles. The van der Waals surface area contributed by atoms with Crippen LogP contribution in [0.2, 0.25) is 0 Å². The third kappa shape index (κ3) is 4.04. The molecule has 0 radical (unpaired) electrons. The van der Waals surface area contributed by atoms with Crippen molar-refractivity contribution in [3.8, 4) is 11.1 Å². The van der Waals surface area contributed by atoms with Crippen molar-refractivity contribution in [2.24, 2.45) is 0 Å². The average molecular weight is 344 g/mol. The second kappa shape index (κ2) is 7.47. The van der Waals surface area contributed by atoms with Gasteiger partial charge in [-0.15, -0.1) is 0 Å². The normalized spacial score (nSPS) is 18.8. The zero-order valence-electron chi connectivity index (χ0n) is 14.0. The Bertz CT molecular complexity index is 758. The molecule has 24 heavy (non-hydrogen) atoms. The molecule has 2 aromatic carbocycles. The van der Waals surface area contributed by atoms with E-state index in [2.05, 4.69) is 16.7 Å². The first-order valence-electron chi connectivity index (χ1n) is 8.42. The fourth-order valence-electron chi connectivity index (χ4n) is 3.24. The summed E-state index contributed by atoms with van der Waals surface area (Å²) in [6, 6.07) is 17.5. The van der Waals surface area contributed by atoms with Gasteiger partial charge in [0.15, 0.2) is 0 Å². The number of rotatable bonds is 6. The van der Waals surface area contributed by atoms with Crippen LogP contribution in [-0.2, 0) is 10.0 Å². The summed E-state index contributed by atoms with van der Waals surface area (Å²) >= 11 is 0. The monoisotopic (exact) mass is 344 g/mol. The van der Waals surface area contributed by atoms with E-state index in [1.165, 1.54) is 6.42 Å². The summed E-state index contributed by atoms with van der Waals surface area (Å²) in [5, 5.41) is 0. The average Bonchev–Trinajstić information content (AvgIpc) is 3.01. The number of hydrogen-bond donors (Lipinski definition) is 1. The molecule has 1 saturated heterocycles. The topological polar surface area (TPSA) is 49.4 Å². The molecule has 3 rings (SSSR count). The van der Waals surface area contributed by atoms with Crippen molar-refractivity contribution in [3.63, 3.8) is 0 Å². The van der Waals surface area contributed by atoms with Gasteiger partial charge in [0, 0.05) is 12.6 Å². The molecular formula is C19H24N2O2S. The van der Waals surface area contributed by atoms with E-state index in [0.717, 1.165) is 30.5 Å². The Kier molecular flexibility index (Phi) is 5.33.